The van der Waals surface area contributed by atoms with Crippen molar-refractivity contribution in [2.75, 3.05) is 18.5 Å². The Morgan fingerprint density at radius 3 is 2.22 bits per heavy atom. The van der Waals surface area contributed by atoms with Crippen LogP contribution >= 0.6 is 0 Å². The number of carbonyl (C=O) groups is 3. The minimum absolute atomic E-state index is 0.211. The summed E-state index contributed by atoms with van der Waals surface area (Å²) in [4.78, 5) is 34.7. The molecule has 0 spiro atoms. The number of para-hydroxylation sites is 1. The van der Waals surface area contributed by atoms with E-state index in [1.807, 2.05) is 48.5 Å². The van der Waals surface area contributed by atoms with Crippen LogP contribution in [0.2, 0.25) is 0 Å². The Balaban J connectivity index is 1.89. The average Bonchev–Trinajstić information content (AvgIpc) is 2.67. The van der Waals surface area contributed by atoms with Gasteiger partial charge in [0.1, 0.15) is 0 Å². The Hall–Kier alpha value is -3.41. The maximum absolute atomic E-state index is 12.1. The Morgan fingerprint density at radius 2 is 1.52 bits per heavy atom. The molecule has 2 aromatic carbocycles. The van der Waals surface area contributed by atoms with Crippen molar-refractivity contribution in [2.24, 2.45) is 0 Å². The molecule has 0 atom stereocenters. The smallest absolute Gasteiger partial charge is 0.331 e. The van der Waals surface area contributed by atoms with Gasteiger partial charge in [-0.1, -0.05) is 48.5 Å². The van der Waals surface area contributed by atoms with Crippen molar-refractivity contribution in [3.63, 3.8) is 0 Å². The number of hydrogen-bond acceptors (Lipinski definition) is 5. The molecule has 0 aliphatic carbocycles. The maximum Gasteiger partial charge on any atom is 0.331 e. The molecule has 0 aromatic heterocycles. The van der Waals surface area contributed by atoms with Crippen molar-refractivity contribution in [3.05, 3.63) is 77.9 Å². The van der Waals surface area contributed by atoms with Crippen molar-refractivity contribution >= 4 is 23.5 Å². The van der Waals surface area contributed by atoms with Gasteiger partial charge in [-0.15, -0.1) is 0 Å². The summed E-state index contributed by atoms with van der Waals surface area (Å²) in [7, 11) is 0. The van der Waals surface area contributed by atoms with E-state index in [2.05, 4.69) is 10.1 Å². The van der Waals surface area contributed by atoms with E-state index in [1.165, 1.54) is 0 Å². The van der Waals surface area contributed by atoms with Gasteiger partial charge in [-0.2, -0.15) is 0 Å². The van der Waals surface area contributed by atoms with Crippen molar-refractivity contribution in [1.29, 1.82) is 0 Å². The van der Waals surface area contributed by atoms with Gasteiger partial charge in [-0.05, 0) is 30.5 Å². The van der Waals surface area contributed by atoms with Gasteiger partial charge in [0.25, 0.3) is 5.91 Å². The molecule has 0 aliphatic heterocycles. The Kier molecular flexibility index (Phi) is 7.78. The predicted molar refractivity (Wildman–Crippen MR) is 101 cm³/mol. The van der Waals surface area contributed by atoms with Gasteiger partial charge in [-0.3, -0.25) is 4.79 Å². The molecular formula is C21H21NO5. The van der Waals surface area contributed by atoms with Gasteiger partial charge in [0.05, 0.1) is 6.61 Å². The molecule has 1 amide bonds. The van der Waals surface area contributed by atoms with Crippen LogP contribution in [0.15, 0.2) is 66.7 Å². The number of ether oxygens (including phenoxy) is 2. The number of anilines is 1. The van der Waals surface area contributed by atoms with Gasteiger partial charge in [0.15, 0.2) is 6.61 Å². The molecule has 0 aliphatic rings. The number of carbonyl (C=O) groups excluding carboxylic acids is 3. The quantitative estimate of drug-likeness (QED) is 0.573. The first-order valence-corrected chi connectivity index (χ1v) is 8.51. The van der Waals surface area contributed by atoms with Crippen LogP contribution in [0, 0.1) is 0 Å². The molecule has 0 radical (unpaired) electrons. The van der Waals surface area contributed by atoms with Crippen LogP contribution in [0.3, 0.4) is 0 Å². The molecule has 0 saturated heterocycles. The minimum atomic E-state index is -0.796. The van der Waals surface area contributed by atoms with E-state index in [9.17, 15) is 14.4 Å². The second-order valence-electron chi connectivity index (χ2n) is 5.56. The van der Waals surface area contributed by atoms with Crippen molar-refractivity contribution in [3.8, 4) is 0 Å². The average molecular weight is 367 g/mol. The van der Waals surface area contributed by atoms with E-state index in [1.54, 1.807) is 13.0 Å². The molecular weight excluding hydrogens is 346 g/mol. The van der Waals surface area contributed by atoms with Crippen molar-refractivity contribution in [1.82, 2.24) is 0 Å². The zero-order valence-electron chi connectivity index (χ0n) is 15.0. The van der Waals surface area contributed by atoms with Crippen LogP contribution < -0.4 is 5.32 Å². The summed E-state index contributed by atoms with van der Waals surface area (Å²) in [6, 6.07) is 17.3. The van der Waals surface area contributed by atoms with Gasteiger partial charge >= 0.3 is 11.9 Å². The first kappa shape index (κ1) is 19.9. The molecule has 2 rings (SSSR count). The number of rotatable bonds is 8. The van der Waals surface area contributed by atoms with Crippen LogP contribution in [0.4, 0.5) is 5.69 Å². The summed E-state index contributed by atoms with van der Waals surface area (Å²) in [5, 5.41) is 2.74. The SMILES string of the molecule is CCOC(=O)/C=C/C(=O)OCC(=O)Nc1ccccc1Cc1ccccc1. The Bertz CT molecular complexity index is 814. The molecule has 2 aromatic rings. The van der Waals surface area contributed by atoms with E-state index in [-0.39, 0.29) is 6.61 Å². The van der Waals surface area contributed by atoms with E-state index >= 15 is 0 Å². The number of benzene rings is 2. The maximum atomic E-state index is 12.1. The Morgan fingerprint density at radius 1 is 0.889 bits per heavy atom. The number of esters is 2. The molecule has 0 saturated carbocycles. The molecule has 140 valence electrons. The zero-order valence-corrected chi connectivity index (χ0v) is 15.0. The lowest BCUT2D eigenvalue weighted by Gasteiger charge is -2.11. The van der Waals surface area contributed by atoms with E-state index in [0.717, 1.165) is 23.3 Å². The summed E-state index contributed by atoms with van der Waals surface area (Å²) in [6.07, 6.45) is 2.55. The second kappa shape index (κ2) is 10.6. The van der Waals surface area contributed by atoms with Crippen LogP contribution in [-0.4, -0.2) is 31.1 Å². The topological polar surface area (TPSA) is 81.7 Å². The monoisotopic (exact) mass is 367 g/mol. The van der Waals surface area contributed by atoms with Gasteiger partial charge in [-0.25, -0.2) is 9.59 Å². The fraction of sp³-hybridized carbons (Fsp3) is 0.190. The van der Waals surface area contributed by atoms with Crippen molar-refractivity contribution in [2.45, 2.75) is 13.3 Å². The molecule has 0 fully saturated rings. The molecule has 0 heterocycles. The number of nitrogens with one attached hydrogen (secondary N) is 1. The van der Waals surface area contributed by atoms with E-state index < -0.39 is 24.5 Å². The van der Waals surface area contributed by atoms with E-state index in [0.29, 0.717) is 12.1 Å². The largest absolute Gasteiger partial charge is 0.463 e. The van der Waals surface area contributed by atoms with Crippen LogP contribution in [0.1, 0.15) is 18.1 Å². The number of hydrogen-bond donors (Lipinski definition) is 1. The lowest BCUT2D eigenvalue weighted by molar-refractivity contribution is -0.143. The highest BCUT2D eigenvalue weighted by Crippen LogP contribution is 2.19. The van der Waals surface area contributed by atoms with E-state index in [4.69, 9.17) is 4.74 Å². The highest BCUT2D eigenvalue weighted by molar-refractivity contribution is 5.96. The first-order chi connectivity index (χ1) is 13.1. The summed E-state index contributed by atoms with van der Waals surface area (Å²) in [5.41, 5.74) is 2.73. The normalized spacial score (nSPS) is 10.4. The van der Waals surface area contributed by atoms with Crippen molar-refractivity contribution < 1.29 is 23.9 Å². The molecule has 27 heavy (non-hydrogen) atoms. The highest BCUT2D eigenvalue weighted by Gasteiger charge is 2.09. The fourth-order valence-electron chi connectivity index (χ4n) is 2.31. The minimum Gasteiger partial charge on any atom is -0.463 e. The second-order valence-corrected chi connectivity index (χ2v) is 5.56. The van der Waals surface area contributed by atoms with Gasteiger partial charge in [0.2, 0.25) is 0 Å². The third-order valence-corrected chi connectivity index (χ3v) is 3.52. The third kappa shape index (κ3) is 7.15. The lowest BCUT2D eigenvalue weighted by atomic mass is 10.0. The molecule has 0 unspecified atom stereocenters. The highest BCUT2D eigenvalue weighted by atomic mass is 16.5. The summed E-state index contributed by atoms with van der Waals surface area (Å²) >= 11 is 0. The standard InChI is InChI=1S/C21H21NO5/c1-2-26-20(24)12-13-21(25)27-15-19(23)22-18-11-7-6-10-17(18)14-16-8-4-3-5-9-16/h3-13H,2,14-15H2,1H3,(H,22,23)/b13-12+. The molecule has 1 N–H and O–H groups in total. The van der Waals surface area contributed by atoms with Crippen LogP contribution in [-0.2, 0) is 30.3 Å². The third-order valence-electron chi connectivity index (χ3n) is 3.52. The van der Waals surface area contributed by atoms with Gasteiger partial charge in [0, 0.05) is 17.8 Å². The summed E-state index contributed by atoms with van der Waals surface area (Å²) < 4.78 is 9.46. The number of amides is 1. The molecule has 0 bridgehead atoms. The summed E-state index contributed by atoms with van der Waals surface area (Å²) in [6.45, 7) is 1.42. The van der Waals surface area contributed by atoms with Gasteiger partial charge < -0.3 is 14.8 Å². The molecule has 6 heteroatoms. The summed E-state index contributed by atoms with van der Waals surface area (Å²) in [5.74, 6) is -1.90. The first-order valence-electron chi connectivity index (χ1n) is 8.51. The lowest BCUT2D eigenvalue weighted by Crippen LogP contribution is -2.21. The molecule has 6 nitrogen and oxygen atoms in total. The predicted octanol–water partition coefficient (Wildman–Crippen LogP) is 2.88. The van der Waals surface area contributed by atoms with Crippen LogP contribution in [0.5, 0.6) is 0 Å². The fourth-order valence-corrected chi connectivity index (χ4v) is 2.31. The zero-order chi connectivity index (χ0) is 19.5. The Labute approximate surface area is 157 Å². The van der Waals surface area contributed by atoms with Crippen LogP contribution in [0.25, 0.3) is 0 Å².